The van der Waals surface area contributed by atoms with Crippen molar-refractivity contribution >= 4 is 28.2 Å². The molecule has 2 aromatic carbocycles. The Labute approximate surface area is 148 Å². The van der Waals surface area contributed by atoms with Gasteiger partial charge in [0.05, 0.1) is 19.8 Å². The van der Waals surface area contributed by atoms with E-state index in [4.69, 9.17) is 9.47 Å². The topological polar surface area (TPSA) is 85.4 Å². The van der Waals surface area contributed by atoms with Gasteiger partial charge in [-0.1, -0.05) is 23.5 Å². The molecule has 0 radical (unpaired) electrons. The van der Waals surface area contributed by atoms with Gasteiger partial charge in [0.15, 0.2) is 5.01 Å². The molecule has 1 heterocycles. The maximum Gasteiger partial charge on any atom is 0.325 e. The molecule has 128 valence electrons. The minimum absolute atomic E-state index is 0.395. The minimum atomic E-state index is -0.395. The zero-order chi connectivity index (χ0) is 17.6. The molecule has 3 rings (SSSR count). The van der Waals surface area contributed by atoms with E-state index in [0.29, 0.717) is 21.6 Å². The number of hydrogen-bond acceptors (Lipinski definition) is 6. The van der Waals surface area contributed by atoms with E-state index in [2.05, 4.69) is 20.8 Å². The lowest BCUT2D eigenvalue weighted by Crippen LogP contribution is -2.19. The highest BCUT2D eigenvalue weighted by Gasteiger charge is 2.13. The van der Waals surface area contributed by atoms with Gasteiger partial charge in [0.25, 0.3) is 0 Å². The van der Waals surface area contributed by atoms with Crippen LogP contribution < -0.4 is 20.1 Å². The normalized spacial score (nSPS) is 10.2. The molecule has 0 aliphatic rings. The van der Waals surface area contributed by atoms with Crippen LogP contribution >= 0.6 is 11.3 Å². The van der Waals surface area contributed by atoms with Crippen LogP contribution in [0.25, 0.3) is 10.6 Å². The van der Waals surface area contributed by atoms with E-state index < -0.39 is 6.03 Å². The van der Waals surface area contributed by atoms with Crippen molar-refractivity contribution in [2.45, 2.75) is 0 Å². The van der Waals surface area contributed by atoms with Crippen LogP contribution in [0.4, 0.5) is 15.6 Å². The third kappa shape index (κ3) is 4.04. The van der Waals surface area contributed by atoms with Crippen molar-refractivity contribution in [2.24, 2.45) is 0 Å². The summed E-state index contributed by atoms with van der Waals surface area (Å²) < 4.78 is 10.4. The lowest BCUT2D eigenvalue weighted by Gasteiger charge is -2.06. The summed E-state index contributed by atoms with van der Waals surface area (Å²) >= 11 is 1.27. The Morgan fingerprint density at radius 3 is 2.44 bits per heavy atom. The summed E-state index contributed by atoms with van der Waals surface area (Å²) in [6, 6.07) is 14.1. The Kier molecular flexibility index (Phi) is 5.10. The van der Waals surface area contributed by atoms with Crippen LogP contribution in [0.3, 0.4) is 0 Å². The average Bonchev–Trinajstić information content (AvgIpc) is 3.10. The van der Waals surface area contributed by atoms with Crippen LogP contribution in [-0.2, 0) is 0 Å². The van der Waals surface area contributed by atoms with Crippen molar-refractivity contribution in [1.29, 1.82) is 0 Å². The van der Waals surface area contributed by atoms with Gasteiger partial charge in [-0.25, -0.2) is 4.79 Å². The number of urea groups is 1. The van der Waals surface area contributed by atoms with Gasteiger partial charge >= 0.3 is 6.03 Å². The van der Waals surface area contributed by atoms with E-state index in [9.17, 15) is 4.79 Å². The summed E-state index contributed by atoms with van der Waals surface area (Å²) in [5, 5.41) is 14.6. The largest absolute Gasteiger partial charge is 0.497 e. The molecule has 2 N–H and O–H groups in total. The van der Waals surface area contributed by atoms with Gasteiger partial charge in [0.1, 0.15) is 11.5 Å². The number of benzene rings is 2. The number of ether oxygens (including phenoxy) is 2. The zero-order valence-electron chi connectivity index (χ0n) is 13.6. The third-order valence-corrected chi connectivity index (χ3v) is 4.20. The van der Waals surface area contributed by atoms with Gasteiger partial charge < -0.3 is 14.8 Å². The Morgan fingerprint density at radius 2 is 1.72 bits per heavy atom. The van der Waals surface area contributed by atoms with E-state index in [1.807, 2.05) is 24.3 Å². The van der Waals surface area contributed by atoms with Crippen LogP contribution in [0.1, 0.15) is 0 Å². The molecule has 0 atom stereocenters. The second kappa shape index (κ2) is 7.63. The molecule has 25 heavy (non-hydrogen) atoms. The summed E-state index contributed by atoms with van der Waals surface area (Å²) in [6.07, 6.45) is 0. The third-order valence-electron chi connectivity index (χ3n) is 3.33. The fourth-order valence-electron chi connectivity index (χ4n) is 2.14. The summed E-state index contributed by atoms with van der Waals surface area (Å²) in [5.41, 5.74) is 1.47. The number of rotatable bonds is 5. The molecule has 7 nitrogen and oxygen atoms in total. The minimum Gasteiger partial charge on any atom is -0.497 e. The number of anilines is 2. The SMILES string of the molecule is COc1ccc(NC(=O)Nc2nnc(-c3ccccc3OC)s2)cc1. The first-order chi connectivity index (χ1) is 12.2. The second-order valence-corrected chi connectivity index (χ2v) is 5.90. The Morgan fingerprint density at radius 1 is 0.960 bits per heavy atom. The summed E-state index contributed by atoms with van der Waals surface area (Å²) in [5.74, 6) is 1.42. The van der Waals surface area contributed by atoms with E-state index in [0.717, 1.165) is 11.3 Å². The fourth-order valence-corrected chi connectivity index (χ4v) is 2.91. The molecular formula is C17H16N4O3S. The van der Waals surface area contributed by atoms with E-state index in [1.54, 1.807) is 38.5 Å². The quantitative estimate of drug-likeness (QED) is 0.725. The van der Waals surface area contributed by atoms with Crippen LogP contribution in [0.2, 0.25) is 0 Å². The molecule has 8 heteroatoms. The van der Waals surface area contributed by atoms with Crippen LogP contribution in [0.5, 0.6) is 11.5 Å². The lowest BCUT2D eigenvalue weighted by molar-refractivity contribution is 0.262. The molecule has 2 amide bonds. The van der Waals surface area contributed by atoms with Crippen LogP contribution in [0.15, 0.2) is 48.5 Å². The highest BCUT2D eigenvalue weighted by Crippen LogP contribution is 2.33. The number of hydrogen-bond donors (Lipinski definition) is 2. The van der Waals surface area contributed by atoms with Crippen molar-refractivity contribution in [3.63, 3.8) is 0 Å². The molecular weight excluding hydrogens is 340 g/mol. The number of methoxy groups -OCH3 is 2. The van der Waals surface area contributed by atoms with Gasteiger partial charge in [-0.3, -0.25) is 5.32 Å². The average molecular weight is 356 g/mol. The molecule has 1 aromatic heterocycles. The highest BCUT2D eigenvalue weighted by atomic mass is 32.1. The summed E-state index contributed by atoms with van der Waals surface area (Å²) in [4.78, 5) is 12.1. The van der Waals surface area contributed by atoms with Crippen LogP contribution in [-0.4, -0.2) is 30.4 Å². The number of para-hydroxylation sites is 1. The van der Waals surface area contributed by atoms with Gasteiger partial charge in [0.2, 0.25) is 5.13 Å². The molecule has 0 fully saturated rings. The molecule has 3 aromatic rings. The standard InChI is InChI=1S/C17H16N4O3S/c1-23-12-9-7-11(8-10-12)18-16(22)19-17-21-20-15(25-17)13-5-3-4-6-14(13)24-2/h3-10H,1-2H3,(H2,18,19,21,22). The maximum atomic E-state index is 12.1. The van der Waals surface area contributed by atoms with Crippen molar-refractivity contribution in [1.82, 2.24) is 10.2 Å². The van der Waals surface area contributed by atoms with E-state index in [-0.39, 0.29) is 0 Å². The number of carbonyl (C=O) groups excluding carboxylic acids is 1. The first-order valence-corrected chi connectivity index (χ1v) is 8.20. The number of aromatic nitrogens is 2. The predicted octanol–water partition coefficient (Wildman–Crippen LogP) is 3.87. The molecule has 0 aliphatic carbocycles. The molecule has 0 saturated heterocycles. The Bertz CT molecular complexity index is 864. The number of nitrogens with zero attached hydrogens (tertiary/aromatic N) is 2. The number of amides is 2. The lowest BCUT2D eigenvalue weighted by atomic mass is 10.2. The van der Waals surface area contributed by atoms with Crippen molar-refractivity contribution in [3.05, 3.63) is 48.5 Å². The molecule has 0 aliphatic heterocycles. The molecule has 0 unspecified atom stereocenters. The zero-order valence-corrected chi connectivity index (χ0v) is 14.5. The van der Waals surface area contributed by atoms with Crippen molar-refractivity contribution < 1.29 is 14.3 Å². The second-order valence-electron chi connectivity index (χ2n) is 4.92. The van der Waals surface area contributed by atoms with Gasteiger partial charge in [-0.05, 0) is 36.4 Å². The number of carbonyl (C=O) groups is 1. The van der Waals surface area contributed by atoms with Gasteiger partial charge in [-0.2, -0.15) is 0 Å². The van der Waals surface area contributed by atoms with E-state index in [1.165, 1.54) is 11.3 Å². The van der Waals surface area contributed by atoms with Gasteiger partial charge in [0, 0.05) is 5.69 Å². The first kappa shape index (κ1) is 16.7. The summed E-state index contributed by atoms with van der Waals surface area (Å²) in [6.45, 7) is 0. The fraction of sp³-hybridized carbons (Fsp3) is 0.118. The number of nitrogens with one attached hydrogen (secondary N) is 2. The maximum absolute atomic E-state index is 12.1. The first-order valence-electron chi connectivity index (χ1n) is 7.38. The highest BCUT2D eigenvalue weighted by molar-refractivity contribution is 7.18. The smallest absolute Gasteiger partial charge is 0.325 e. The molecule has 0 bridgehead atoms. The predicted molar refractivity (Wildman–Crippen MR) is 97.5 cm³/mol. The monoisotopic (exact) mass is 356 g/mol. The Balaban J connectivity index is 1.67. The Hall–Kier alpha value is -3.13. The summed E-state index contributed by atoms with van der Waals surface area (Å²) in [7, 11) is 3.19. The van der Waals surface area contributed by atoms with Crippen LogP contribution in [0, 0.1) is 0 Å². The van der Waals surface area contributed by atoms with E-state index >= 15 is 0 Å². The van der Waals surface area contributed by atoms with Crippen molar-refractivity contribution in [2.75, 3.05) is 24.9 Å². The molecule has 0 saturated carbocycles. The van der Waals surface area contributed by atoms with Gasteiger partial charge in [-0.15, -0.1) is 10.2 Å². The van der Waals surface area contributed by atoms with Crippen molar-refractivity contribution in [3.8, 4) is 22.1 Å². The molecule has 0 spiro atoms.